The van der Waals surface area contributed by atoms with E-state index in [4.69, 9.17) is 21.9 Å². The van der Waals surface area contributed by atoms with Crippen LogP contribution in [0.15, 0.2) is 36.4 Å². The smallest absolute Gasteiger partial charge is 0.234 e. The Morgan fingerprint density at radius 2 is 2.04 bits per heavy atom. The maximum absolute atomic E-state index is 5.98. The molecular formula is C21H29N5OS. The molecule has 2 heterocycles. The minimum Gasteiger partial charge on any atom is -0.439 e. The molecule has 0 unspecified atom stereocenters. The molecule has 1 aromatic heterocycles. The molecule has 0 spiro atoms. The molecule has 1 aliphatic rings. The SMILES string of the molecule is CC(C)CNC(=S)Nc1nc(Oc2ccccc2)cc(N2CCCC[C@@H]2C)n1. The van der Waals surface area contributed by atoms with Gasteiger partial charge in [0.1, 0.15) is 11.6 Å². The van der Waals surface area contributed by atoms with Gasteiger partial charge >= 0.3 is 0 Å². The third kappa shape index (κ3) is 5.79. The molecule has 2 N–H and O–H groups in total. The summed E-state index contributed by atoms with van der Waals surface area (Å²) in [6, 6.07) is 12.0. The third-order valence-electron chi connectivity index (χ3n) is 4.65. The Morgan fingerprint density at radius 3 is 2.75 bits per heavy atom. The van der Waals surface area contributed by atoms with E-state index in [1.54, 1.807) is 0 Å². The number of hydrogen-bond acceptors (Lipinski definition) is 5. The third-order valence-corrected chi connectivity index (χ3v) is 4.89. The average molecular weight is 400 g/mol. The summed E-state index contributed by atoms with van der Waals surface area (Å²) in [6.07, 6.45) is 3.58. The van der Waals surface area contributed by atoms with Crippen LogP contribution in [0.5, 0.6) is 11.6 Å². The highest BCUT2D eigenvalue weighted by Gasteiger charge is 2.21. The Bertz CT molecular complexity index is 784. The first-order valence-corrected chi connectivity index (χ1v) is 10.4. The quantitative estimate of drug-likeness (QED) is 0.689. The normalized spacial score (nSPS) is 16.7. The Balaban J connectivity index is 1.83. The number of thiocarbonyl (C=S) groups is 1. The fourth-order valence-electron chi connectivity index (χ4n) is 3.16. The molecule has 1 fully saturated rings. The number of benzene rings is 1. The van der Waals surface area contributed by atoms with Gasteiger partial charge in [-0.2, -0.15) is 9.97 Å². The lowest BCUT2D eigenvalue weighted by Crippen LogP contribution is -2.38. The van der Waals surface area contributed by atoms with Crippen LogP contribution in [-0.2, 0) is 0 Å². The lowest BCUT2D eigenvalue weighted by Gasteiger charge is -2.34. The first-order valence-electron chi connectivity index (χ1n) is 9.94. The molecule has 1 saturated heterocycles. The highest BCUT2D eigenvalue weighted by atomic mass is 32.1. The number of rotatable bonds is 6. The summed E-state index contributed by atoms with van der Waals surface area (Å²) in [6.45, 7) is 8.29. The van der Waals surface area contributed by atoms with Gasteiger partial charge in [-0.25, -0.2) is 0 Å². The predicted molar refractivity (Wildman–Crippen MR) is 118 cm³/mol. The highest BCUT2D eigenvalue weighted by Crippen LogP contribution is 2.28. The molecule has 0 aliphatic carbocycles. The highest BCUT2D eigenvalue weighted by molar-refractivity contribution is 7.80. The molecule has 6 nitrogen and oxygen atoms in total. The zero-order chi connectivity index (χ0) is 19.9. The van der Waals surface area contributed by atoms with Crippen molar-refractivity contribution in [1.29, 1.82) is 0 Å². The fraction of sp³-hybridized carbons (Fsp3) is 0.476. The summed E-state index contributed by atoms with van der Waals surface area (Å²) >= 11 is 5.39. The lowest BCUT2D eigenvalue weighted by atomic mass is 10.0. The van der Waals surface area contributed by atoms with E-state index in [2.05, 4.69) is 41.3 Å². The van der Waals surface area contributed by atoms with Gasteiger partial charge in [-0.3, -0.25) is 0 Å². The summed E-state index contributed by atoms with van der Waals surface area (Å²) < 4.78 is 5.98. The van der Waals surface area contributed by atoms with Crippen LogP contribution in [0.4, 0.5) is 11.8 Å². The van der Waals surface area contributed by atoms with Crippen LogP contribution in [-0.4, -0.2) is 34.2 Å². The van der Waals surface area contributed by atoms with Gasteiger partial charge in [-0.05, 0) is 56.5 Å². The van der Waals surface area contributed by atoms with Crippen molar-refractivity contribution >= 4 is 29.1 Å². The minimum absolute atomic E-state index is 0.437. The molecule has 28 heavy (non-hydrogen) atoms. The fourth-order valence-corrected chi connectivity index (χ4v) is 3.33. The predicted octanol–water partition coefficient (Wildman–Crippen LogP) is 4.59. The number of para-hydroxylation sites is 1. The van der Waals surface area contributed by atoms with Crippen LogP contribution in [0.25, 0.3) is 0 Å². The summed E-state index contributed by atoms with van der Waals surface area (Å²) in [5.74, 6) is 3.05. The van der Waals surface area contributed by atoms with E-state index in [9.17, 15) is 0 Å². The van der Waals surface area contributed by atoms with Gasteiger partial charge in [0.15, 0.2) is 5.11 Å². The summed E-state index contributed by atoms with van der Waals surface area (Å²) in [4.78, 5) is 11.5. The number of nitrogens with zero attached hydrogens (tertiary/aromatic N) is 3. The van der Waals surface area contributed by atoms with E-state index in [0.29, 0.717) is 28.9 Å². The van der Waals surface area contributed by atoms with Crippen LogP contribution in [0.3, 0.4) is 0 Å². The zero-order valence-corrected chi connectivity index (χ0v) is 17.6. The number of nitrogens with one attached hydrogen (secondary N) is 2. The van der Waals surface area contributed by atoms with Gasteiger partial charge in [-0.15, -0.1) is 0 Å². The molecule has 7 heteroatoms. The van der Waals surface area contributed by atoms with Gasteiger partial charge in [0.25, 0.3) is 0 Å². The van der Waals surface area contributed by atoms with E-state index in [0.717, 1.165) is 31.1 Å². The zero-order valence-electron chi connectivity index (χ0n) is 16.8. The lowest BCUT2D eigenvalue weighted by molar-refractivity contribution is 0.457. The molecule has 1 atom stereocenters. The van der Waals surface area contributed by atoms with E-state index >= 15 is 0 Å². The first kappa shape index (κ1) is 20.3. The Kier molecular flexibility index (Phi) is 7.03. The monoisotopic (exact) mass is 399 g/mol. The van der Waals surface area contributed by atoms with Crippen LogP contribution in [0.1, 0.15) is 40.0 Å². The molecule has 1 aromatic carbocycles. The largest absolute Gasteiger partial charge is 0.439 e. The van der Waals surface area contributed by atoms with Crippen molar-refractivity contribution in [2.75, 3.05) is 23.3 Å². The van der Waals surface area contributed by atoms with Gasteiger partial charge in [0, 0.05) is 25.2 Å². The molecule has 0 radical (unpaired) electrons. The van der Waals surface area contributed by atoms with Crippen LogP contribution in [0, 0.1) is 5.92 Å². The molecule has 0 saturated carbocycles. The van der Waals surface area contributed by atoms with Crippen molar-refractivity contribution in [3.63, 3.8) is 0 Å². The van der Waals surface area contributed by atoms with E-state index in [-0.39, 0.29) is 0 Å². The van der Waals surface area contributed by atoms with Crippen molar-refractivity contribution in [2.45, 2.75) is 46.1 Å². The summed E-state index contributed by atoms with van der Waals surface area (Å²) in [5.41, 5.74) is 0. The molecule has 3 rings (SSSR count). The van der Waals surface area contributed by atoms with Crippen molar-refractivity contribution in [1.82, 2.24) is 15.3 Å². The van der Waals surface area contributed by atoms with Crippen molar-refractivity contribution < 1.29 is 4.74 Å². The Hall–Kier alpha value is -2.41. The molecule has 1 aliphatic heterocycles. The molecule has 2 aromatic rings. The van der Waals surface area contributed by atoms with E-state index in [1.807, 2.05) is 36.4 Å². The van der Waals surface area contributed by atoms with Crippen LogP contribution >= 0.6 is 12.2 Å². The van der Waals surface area contributed by atoms with E-state index in [1.165, 1.54) is 12.8 Å². The van der Waals surface area contributed by atoms with Gasteiger partial charge in [0.05, 0.1) is 0 Å². The second-order valence-electron chi connectivity index (χ2n) is 7.57. The van der Waals surface area contributed by atoms with Gasteiger partial charge in [0.2, 0.25) is 11.8 Å². The minimum atomic E-state index is 0.437. The Morgan fingerprint density at radius 1 is 1.25 bits per heavy atom. The van der Waals surface area contributed by atoms with Crippen molar-refractivity contribution in [3.05, 3.63) is 36.4 Å². The molecule has 150 valence electrons. The van der Waals surface area contributed by atoms with Crippen LogP contribution in [0.2, 0.25) is 0 Å². The molecular weight excluding hydrogens is 370 g/mol. The second-order valence-corrected chi connectivity index (χ2v) is 7.98. The Labute approximate surface area is 172 Å². The number of piperidine rings is 1. The van der Waals surface area contributed by atoms with E-state index < -0.39 is 0 Å². The standard InChI is InChI=1S/C21H29N5OS/c1-15(2)14-22-21(28)25-20-23-18(26-12-8-7-9-16(26)3)13-19(24-20)27-17-10-5-4-6-11-17/h4-6,10-11,13,15-16H,7-9,12,14H2,1-3H3,(H2,22,23,24,25,28)/t16-/m0/s1. The first-order chi connectivity index (χ1) is 13.5. The summed E-state index contributed by atoms with van der Waals surface area (Å²) in [5, 5.41) is 6.82. The number of ether oxygens (including phenoxy) is 1. The van der Waals surface area contributed by atoms with Crippen molar-refractivity contribution in [3.8, 4) is 11.6 Å². The maximum Gasteiger partial charge on any atom is 0.234 e. The summed E-state index contributed by atoms with van der Waals surface area (Å²) in [7, 11) is 0. The maximum atomic E-state index is 5.98. The molecule has 0 bridgehead atoms. The topological polar surface area (TPSA) is 62.3 Å². The van der Waals surface area contributed by atoms with Gasteiger partial charge in [-0.1, -0.05) is 32.0 Å². The number of anilines is 2. The van der Waals surface area contributed by atoms with Crippen LogP contribution < -0.4 is 20.3 Å². The number of hydrogen-bond donors (Lipinski definition) is 2. The second kappa shape index (κ2) is 9.68. The average Bonchev–Trinajstić information content (AvgIpc) is 2.67. The van der Waals surface area contributed by atoms with Crippen molar-refractivity contribution in [2.24, 2.45) is 5.92 Å². The number of aromatic nitrogens is 2. The molecule has 0 amide bonds. The van der Waals surface area contributed by atoms with Gasteiger partial charge < -0.3 is 20.3 Å².